The van der Waals surface area contributed by atoms with Gasteiger partial charge in [-0.05, 0) is 29.8 Å². The molecule has 0 fully saturated rings. The highest BCUT2D eigenvalue weighted by atomic mass is 35.5. The van der Waals surface area contributed by atoms with E-state index in [4.69, 9.17) is 21.9 Å². The highest BCUT2D eigenvalue weighted by molar-refractivity contribution is 7.85. The second-order valence-corrected chi connectivity index (χ2v) is 7.81. The quantitative estimate of drug-likeness (QED) is 0.610. The molecule has 2 aromatic heterocycles. The molecule has 0 amide bonds. The van der Waals surface area contributed by atoms with Gasteiger partial charge in [0.2, 0.25) is 0 Å². The van der Waals surface area contributed by atoms with Crippen molar-refractivity contribution in [1.82, 2.24) is 9.55 Å². The fourth-order valence-corrected chi connectivity index (χ4v) is 3.11. The summed E-state index contributed by atoms with van der Waals surface area (Å²) in [6.07, 6.45) is -1.20. The summed E-state index contributed by atoms with van der Waals surface area (Å²) in [6.45, 7) is 0.497. The van der Waals surface area contributed by atoms with Gasteiger partial charge in [-0.2, -0.15) is 21.6 Å². The Labute approximate surface area is 164 Å². The Morgan fingerprint density at radius 1 is 1.21 bits per heavy atom. The van der Waals surface area contributed by atoms with Gasteiger partial charge in [-0.25, -0.2) is 0 Å². The Kier molecular flexibility index (Phi) is 6.71. The second kappa shape index (κ2) is 8.48. The van der Waals surface area contributed by atoms with E-state index in [-0.39, 0.29) is 0 Å². The van der Waals surface area contributed by atoms with Gasteiger partial charge in [0.25, 0.3) is 10.1 Å². The molecule has 0 bridgehead atoms. The minimum absolute atomic E-state index is 0.497. The molecular formula is C17H17ClF3N3O3S. The average Bonchev–Trinajstić information content (AvgIpc) is 2.89. The number of fused-ring (bicyclic) bond motifs is 1. The first-order chi connectivity index (χ1) is 12.9. The summed E-state index contributed by atoms with van der Waals surface area (Å²) in [4.78, 5) is 4.24. The largest absolute Gasteiger partial charge is 0.405 e. The highest BCUT2D eigenvalue weighted by Gasteiger charge is 2.33. The van der Waals surface area contributed by atoms with Gasteiger partial charge in [0, 0.05) is 47.5 Å². The van der Waals surface area contributed by atoms with Crippen molar-refractivity contribution in [3.8, 4) is 11.3 Å². The molecule has 152 valence electrons. The van der Waals surface area contributed by atoms with Crippen molar-refractivity contribution in [3.05, 3.63) is 53.3 Å². The van der Waals surface area contributed by atoms with Gasteiger partial charge in [0.15, 0.2) is 5.75 Å². The summed E-state index contributed by atoms with van der Waals surface area (Å²) in [5.41, 5.74) is 9.98. The molecule has 0 atom stereocenters. The van der Waals surface area contributed by atoms with Crippen molar-refractivity contribution in [3.63, 3.8) is 0 Å². The van der Waals surface area contributed by atoms with Gasteiger partial charge in [-0.3, -0.25) is 9.54 Å². The summed E-state index contributed by atoms with van der Waals surface area (Å²) >= 11 is 6.05. The molecule has 6 nitrogen and oxygen atoms in total. The summed E-state index contributed by atoms with van der Waals surface area (Å²) in [6, 6.07) is 10.1. The smallest absolute Gasteiger partial charge is 0.344 e. The molecule has 0 saturated carbocycles. The van der Waals surface area contributed by atoms with Crippen LogP contribution < -0.4 is 5.73 Å². The van der Waals surface area contributed by atoms with Crippen molar-refractivity contribution in [2.24, 2.45) is 12.8 Å². The molecule has 3 N–H and O–H groups in total. The van der Waals surface area contributed by atoms with Gasteiger partial charge in [0.1, 0.15) is 0 Å². The number of hydrogen-bond acceptors (Lipinski definition) is 4. The number of benzene rings is 1. The zero-order valence-corrected chi connectivity index (χ0v) is 16.2. The summed E-state index contributed by atoms with van der Waals surface area (Å²) < 4.78 is 61.7. The average molecular weight is 436 g/mol. The maximum Gasteiger partial charge on any atom is 0.405 e. The molecule has 0 aliphatic carbocycles. The van der Waals surface area contributed by atoms with Crippen LogP contribution in [0.5, 0.6) is 0 Å². The maximum atomic E-state index is 11.0. The number of hydrogen-bond donors (Lipinski definition) is 2. The van der Waals surface area contributed by atoms with Crippen LogP contribution in [0.1, 0.15) is 5.56 Å². The number of aryl methyl sites for hydroxylation is 1. The van der Waals surface area contributed by atoms with E-state index in [1.807, 2.05) is 31.4 Å². The topological polar surface area (TPSA) is 98.2 Å². The van der Waals surface area contributed by atoms with E-state index in [0.717, 1.165) is 27.4 Å². The van der Waals surface area contributed by atoms with Crippen molar-refractivity contribution >= 4 is 32.6 Å². The number of alkyl halides is 3. The highest BCUT2D eigenvalue weighted by Crippen LogP contribution is 2.29. The molecule has 1 aromatic carbocycles. The van der Waals surface area contributed by atoms with Crippen LogP contribution in [-0.2, 0) is 23.7 Å². The fraction of sp³-hybridized carbons (Fsp3) is 0.235. The van der Waals surface area contributed by atoms with E-state index >= 15 is 0 Å². The fourth-order valence-electron chi connectivity index (χ4n) is 2.53. The lowest BCUT2D eigenvalue weighted by Gasteiger charge is -2.05. The summed E-state index contributed by atoms with van der Waals surface area (Å²) in [5, 5.41) is 1.91. The van der Waals surface area contributed by atoms with E-state index < -0.39 is 22.0 Å². The third-order valence-electron chi connectivity index (χ3n) is 3.68. The lowest BCUT2D eigenvalue weighted by atomic mass is 10.1. The van der Waals surface area contributed by atoms with E-state index in [9.17, 15) is 21.6 Å². The lowest BCUT2D eigenvalue weighted by Crippen LogP contribution is -2.21. The first kappa shape index (κ1) is 22.2. The Bertz CT molecular complexity index is 1080. The molecule has 11 heteroatoms. The van der Waals surface area contributed by atoms with Gasteiger partial charge in [0.05, 0.1) is 5.69 Å². The van der Waals surface area contributed by atoms with Crippen LogP contribution in [0.3, 0.4) is 0 Å². The van der Waals surface area contributed by atoms with Crippen molar-refractivity contribution in [2.75, 3.05) is 5.75 Å². The zero-order valence-electron chi connectivity index (χ0n) is 14.6. The number of nitrogens with zero attached hydrogens (tertiary/aromatic N) is 2. The SMILES string of the molecule is Cn1c(-c2cncc(CN)c2)cc2ccc(Cl)cc21.O=S(=O)(O)CC(F)(F)F. The van der Waals surface area contributed by atoms with E-state index in [2.05, 4.69) is 21.7 Å². The molecule has 0 spiro atoms. The first-order valence-corrected chi connectivity index (χ1v) is 9.79. The van der Waals surface area contributed by atoms with Gasteiger partial charge in [-0.1, -0.05) is 17.7 Å². The molecule has 0 aliphatic heterocycles. The van der Waals surface area contributed by atoms with E-state index in [1.165, 1.54) is 5.39 Å². The molecule has 3 rings (SSSR count). The number of nitrogens with two attached hydrogens (primary N) is 1. The van der Waals surface area contributed by atoms with Crippen LogP contribution in [0.15, 0.2) is 42.7 Å². The van der Waals surface area contributed by atoms with E-state index in [1.54, 1.807) is 6.20 Å². The van der Waals surface area contributed by atoms with Crippen LogP contribution >= 0.6 is 11.6 Å². The summed E-state index contributed by atoms with van der Waals surface area (Å²) in [7, 11) is -2.88. The molecule has 0 unspecified atom stereocenters. The Hall–Kier alpha value is -2.14. The number of pyridine rings is 1. The molecule has 2 heterocycles. The van der Waals surface area contributed by atoms with Crippen LogP contribution in [0.4, 0.5) is 13.2 Å². The normalized spacial score (nSPS) is 12.0. The molecule has 0 saturated heterocycles. The minimum Gasteiger partial charge on any atom is -0.344 e. The number of aromatic nitrogens is 2. The maximum absolute atomic E-state index is 11.0. The molecule has 0 radical (unpaired) electrons. The Morgan fingerprint density at radius 2 is 1.89 bits per heavy atom. The number of halogens is 4. The predicted octanol–water partition coefficient (Wildman–Crippen LogP) is 3.79. The number of rotatable bonds is 3. The monoisotopic (exact) mass is 435 g/mol. The Balaban J connectivity index is 0.000000266. The van der Waals surface area contributed by atoms with Gasteiger partial charge in [-0.15, -0.1) is 0 Å². The minimum atomic E-state index is -4.91. The summed E-state index contributed by atoms with van der Waals surface area (Å²) in [5.74, 6) is -2.18. The molecule has 3 aromatic rings. The van der Waals surface area contributed by atoms with Crippen LogP contribution in [-0.4, -0.2) is 34.5 Å². The first-order valence-electron chi connectivity index (χ1n) is 7.81. The van der Waals surface area contributed by atoms with Crippen LogP contribution in [0.25, 0.3) is 22.2 Å². The van der Waals surface area contributed by atoms with Crippen molar-refractivity contribution < 1.29 is 26.1 Å². The van der Waals surface area contributed by atoms with Crippen molar-refractivity contribution in [1.29, 1.82) is 0 Å². The van der Waals surface area contributed by atoms with Crippen LogP contribution in [0.2, 0.25) is 5.02 Å². The second-order valence-electron chi connectivity index (χ2n) is 5.92. The van der Waals surface area contributed by atoms with Crippen molar-refractivity contribution in [2.45, 2.75) is 12.7 Å². The lowest BCUT2D eigenvalue weighted by molar-refractivity contribution is -0.107. The predicted molar refractivity (Wildman–Crippen MR) is 102 cm³/mol. The standard InChI is InChI=1S/C15H14ClN3.C2H3F3O3S/c1-19-14(12-4-10(7-17)8-18-9-12)5-11-2-3-13(16)6-15(11)19;3-2(4,5)1-9(6,7)8/h2-6,8-9H,7,17H2,1H3;1H2,(H,6,7,8). The van der Waals surface area contributed by atoms with Gasteiger partial charge < -0.3 is 10.3 Å². The third kappa shape index (κ3) is 6.20. The van der Waals surface area contributed by atoms with E-state index in [0.29, 0.717) is 6.54 Å². The van der Waals surface area contributed by atoms with Gasteiger partial charge >= 0.3 is 6.18 Å². The molecular weight excluding hydrogens is 419 g/mol. The van der Waals surface area contributed by atoms with Crippen LogP contribution in [0, 0.1) is 0 Å². The molecule has 0 aliphatic rings. The Morgan fingerprint density at radius 3 is 2.43 bits per heavy atom. The zero-order chi connectivity index (χ0) is 21.1. The third-order valence-corrected chi connectivity index (χ3v) is 4.61. The molecule has 28 heavy (non-hydrogen) atoms.